The maximum absolute atomic E-state index is 14.3. The lowest BCUT2D eigenvalue weighted by Gasteiger charge is -2.38. The minimum absolute atomic E-state index is 0.0425. The third-order valence-corrected chi connectivity index (χ3v) is 9.19. The number of amides is 5. The highest BCUT2D eigenvalue weighted by Crippen LogP contribution is 2.65. The van der Waals surface area contributed by atoms with Crippen LogP contribution in [0.25, 0.3) is 0 Å². The lowest BCUT2D eigenvalue weighted by atomic mass is 9.85. The predicted molar refractivity (Wildman–Crippen MR) is 183 cm³/mol. The molecule has 0 aromatic heterocycles. The number of piperidine rings is 1. The second-order valence-corrected chi connectivity index (χ2v) is 16.9. The van der Waals surface area contributed by atoms with Crippen LogP contribution in [-0.2, 0) is 28.7 Å². The summed E-state index contributed by atoms with van der Waals surface area (Å²) in [7, 11) is 0. The van der Waals surface area contributed by atoms with Crippen molar-refractivity contribution in [2.24, 2.45) is 28.1 Å². The highest BCUT2D eigenvalue weighted by atomic mass is 16.6. The van der Waals surface area contributed by atoms with Gasteiger partial charge >= 0.3 is 12.0 Å². The minimum atomic E-state index is -1.06. The summed E-state index contributed by atoms with van der Waals surface area (Å²) in [5, 5.41) is 10.8. The zero-order chi connectivity index (χ0) is 37.0. The maximum atomic E-state index is 14.3. The molecular weight excluding hydrogens is 614 g/mol. The van der Waals surface area contributed by atoms with E-state index < -0.39 is 76.1 Å². The number of hydrogen-bond acceptors (Lipinski definition) is 7. The molecule has 1 aliphatic carbocycles. The van der Waals surface area contributed by atoms with Gasteiger partial charge in [0.05, 0.1) is 6.04 Å². The molecule has 12 heteroatoms. The highest BCUT2D eigenvalue weighted by Gasteiger charge is 2.70. The van der Waals surface area contributed by atoms with Crippen molar-refractivity contribution in [2.75, 3.05) is 13.1 Å². The van der Waals surface area contributed by atoms with Gasteiger partial charge in [0.1, 0.15) is 23.7 Å². The molecule has 1 heterocycles. The van der Waals surface area contributed by atoms with E-state index in [1.807, 2.05) is 20.8 Å². The van der Waals surface area contributed by atoms with Crippen molar-refractivity contribution in [3.05, 3.63) is 0 Å². The van der Waals surface area contributed by atoms with Crippen LogP contribution in [-0.4, -0.2) is 83.3 Å². The number of rotatable bonds is 13. The van der Waals surface area contributed by atoms with Crippen molar-refractivity contribution >= 4 is 35.5 Å². The van der Waals surface area contributed by atoms with E-state index >= 15 is 0 Å². The highest BCUT2D eigenvalue weighted by molar-refractivity contribution is 6.38. The molecule has 0 spiro atoms. The van der Waals surface area contributed by atoms with Gasteiger partial charge in [-0.3, -0.25) is 19.2 Å². The summed E-state index contributed by atoms with van der Waals surface area (Å²) in [5.41, 5.74) is -2.47. The minimum Gasteiger partial charge on any atom is -0.458 e. The van der Waals surface area contributed by atoms with Crippen molar-refractivity contribution in [3.8, 4) is 12.3 Å². The summed E-state index contributed by atoms with van der Waals surface area (Å²) >= 11 is 0. The van der Waals surface area contributed by atoms with Gasteiger partial charge in [0, 0.05) is 19.5 Å². The number of carbonyl (C=O) groups excluding carboxylic acids is 6. The molecule has 2 rings (SSSR count). The van der Waals surface area contributed by atoms with E-state index in [0.29, 0.717) is 13.0 Å². The number of Topliss-reactive ketones (excluding diaryl/α,β-unsaturated/α-hetero) is 1. The van der Waals surface area contributed by atoms with Gasteiger partial charge in [0.15, 0.2) is 0 Å². The molecule has 1 aliphatic heterocycles. The average molecular weight is 674 g/mol. The largest absolute Gasteiger partial charge is 0.458 e. The van der Waals surface area contributed by atoms with E-state index in [1.54, 1.807) is 62.3 Å². The van der Waals surface area contributed by atoms with Gasteiger partial charge in [-0.05, 0) is 55.3 Å². The second-order valence-electron chi connectivity index (χ2n) is 16.9. The number of likely N-dealkylation sites (tertiary alicyclic amines) is 1. The quantitative estimate of drug-likeness (QED) is 0.101. The smallest absolute Gasteiger partial charge is 0.329 e. The van der Waals surface area contributed by atoms with Crippen LogP contribution in [0.4, 0.5) is 4.79 Å². The molecule has 12 nitrogen and oxygen atoms in total. The molecule has 0 aromatic carbocycles. The number of nitrogens with one attached hydrogen (secondary N) is 4. The maximum Gasteiger partial charge on any atom is 0.329 e. The van der Waals surface area contributed by atoms with E-state index in [1.165, 1.54) is 4.90 Å². The van der Waals surface area contributed by atoms with Gasteiger partial charge in [-0.25, -0.2) is 9.59 Å². The van der Waals surface area contributed by atoms with Crippen molar-refractivity contribution in [1.82, 2.24) is 26.2 Å². The Labute approximate surface area is 287 Å². The average Bonchev–Trinajstić information content (AvgIpc) is 3.26. The first kappa shape index (κ1) is 40.6. The lowest BCUT2D eigenvalue weighted by Crippen LogP contribution is -2.63. The number of urea groups is 1. The number of carbonyl (C=O) groups is 6. The van der Waals surface area contributed by atoms with Crippen LogP contribution in [0.5, 0.6) is 0 Å². The van der Waals surface area contributed by atoms with E-state index in [9.17, 15) is 28.8 Å². The Morgan fingerprint density at radius 3 is 1.98 bits per heavy atom. The first-order chi connectivity index (χ1) is 21.9. The fraction of sp³-hybridized carbons (Fsp3) is 0.778. The zero-order valence-electron chi connectivity index (χ0n) is 31.1. The summed E-state index contributed by atoms with van der Waals surface area (Å²) in [4.78, 5) is 82.1. The Bertz CT molecular complexity index is 1280. The normalized spacial score (nSPS) is 21.8. The van der Waals surface area contributed by atoms with E-state index in [2.05, 4.69) is 27.2 Å². The molecule has 4 N–H and O–H groups in total. The number of ether oxygens (including phenoxy) is 1. The zero-order valence-corrected chi connectivity index (χ0v) is 31.1. The fourth-order valence-corrected chi connectivity index (χ4v) is 6.35. The van der Waals surface area contributed by atoms with Crippen molar-refractivity contribution in [2.45, 2.75) is 139 Å². The van der Waals surface area contributed by atoms with Crippen LogP contribution < -0.4 is 21.3 Å². The van der Waals surface area contributed by atoms with E-state index in [0.717, 1.165) is 6.42 Å². The molecule has 0 bridgehead atoms. The third-order valence-electron chi connectivity index (χ3n) is 9.19. The number of nitrogens with zero attached hydrogens (tertiary/aromatic N) is 1. The Kier molecular flexibility index (Phi) is 12.9. The first-order valence-electron chi connectivity index (χ1n) is 17.0. The van der Waals surface area contributed by atoms with Gasteiger partial charge in [0.2, 0.25) is 17.6 Å². The number of esters is 1. The predicted octanol–water partition coefficient (Wildman–Crippen LogP) is 3.32. The summed E-state index contributed by atoms with van der Waals surface area (Å²) in [6, 6.07) is -4.76. The summed E-state index contributed by atoms with van der Waals surface area (Å²) in [6.45, 7) is 22.5. The number of terminal acetylenes is 1. The van der Waals surface area contributed by atoms with Crippen molar-refractivity contribution in [3.63, 3.8) is 0 Å². The third kappa shape index (κ3) is 10.2. The summed E-state index contributed by atoms with van der Waals surface area (Å²) < 4.78 is 5.56. The number of hydrogen-bond donors (Lipinski definition) is 4. The number of fused-ring (bicyclic) bond motifs is 1. The molecular formula is C36H59N5O7. The van der Waals surface area contributed by atoms with E-state index in [-0.39, 0.29) is 36.6 Å². The molecule has 0 radical (unpaired) electrons. The molecule has 2 aliphatic rings. The van der Waals surface area contributed by atoms with Gasteiger partial charge in [-0.2, -0.15) is 0 Å². The monoisotopic (exact) mass is 673 g/mol. The van der Waals surface area contributed by atoms with E-state index in [4.69, 9.17) is 11.2 Å². The fourth-order valence-electron chi connectivity index (χ4n) is 6.35. The lowest BCUT2D eigenvalue weighted by molar-refractivity contribution is -0.160. The Morgan fingerprint density at radius 2 is 1.48 bits per heavy atom. The molecule has 0 aromatic rings. The van der Waals surface area contributed by atoms with Crippen LogP contribution in [0.2, 0.25) is 0 Å². The molecule has 6 atom stereocenters. The van der Waals surface area contributed by atoms with Crippen LogP contribution >= 0.6 is 0 Å². The van der Waals surface area contributed by atoms with Gasteiger partial charge in [-0.15, -0.1) is 12.3 Å². The molecule has 48 heavy (non-hydrogen) atoms. The Balaban J connectivity index is 2.34. The topological polar surface area (TPSA) is 163 Å². The first-order valence-corrected chi connectivity index (χ1v) is 17.0. The summed E-state index contributed by atoms with van der Waals surface area (Å²) in [6.07, 6.45) is 7.13. The molecule has 1 saturated carbocycles. The molecule has 2 fully saturated rings. The molecule has 270 valence electrons. The van der Waals surface area contributed by atoms with Crippen molar-refractivity contribution < 1.29 is 33.5 Å². The number of unbranched alkanes of at least 4 members (excludes halogenated alkanes) is 1. The Morgan fingerprint density at radius 1 is 0.917 bits per heavy atom. The van der Waals surface area contributed by atoms with Crippen molar-refractivity contribution in [1.29, 1.82) is 0 Å². The van der Waals surface area contributed by atoms with Crippen LogP contribution in [0.1, 0.15) is 109 Å². The molecule has 1 unspecified atom stereocenters. The Hall–Kier alpha value is -3.62. The standard InChI is InChI=1S/C36H59N5O7/c1-14-16-18-22(25(42)29(44)37-19-17-15-2)38-28(43)24-23-21(36(23,12)13)20-41(24)30(45)26(33(3,4)5)39-32(47)40-27(34(6,7)8)31(46)48-35(9,10)11/h2,21-24,26-27H,14,16-20H2,1,3-13H3,(H,37,44)(H,38,43)(H2,39,40,47)/t21-,22?,23-,24-,26+,27+/m0/s1. The van der Waals surface area contributed by atoms with Crippen LogP contribution in [0, 0.1) is 40.4 Å². The summed E-state index contributed by atoms with van der Waals surface area (Å²) in [5.74, 6) is -0.865. The second kappa shape index (κ2) is 15.3. The van der Waals surface area contributed by atoms with Crippen LogP contribution in [0.15, 0.2) is 0 Å². The van der Waals surface area contributed by atoms with Gasteiger partial charge in [0.25, 0.3) is 5.91 Å². The van der Waals surface area contributed by atoms with Gasteiger partial charge in [-0.1, -0.05) is 75.2 Å². The SMILES string of the molecule is C#CCCNC(=O)C(=O)C(CCCC)NC(=O)[C@@H]1[C@@H]2[C@H](CN1C(=O)[C@@H](NC(=O)N[C@H](C(=O)OC(C)(C)C)C(C)(C)C)C(C)(C)C)C2(C)C. The van der Waals surface area contributed by atoms with Gasteiger partial charge < -0.3 is 30.9 Å². The molecule has 5 amide bonds. The number of ketones is 1. The molecule has 1 saturated heterocycles. The van der Waals surface area contributed by atoms with Crippen LogP contribution in [0.3, 0.4) is 0 Å².